The van der Waals surface area contributed by atoms with Crippen molar-refractivity contribution >= 4 is 11.6 Å². The minimum Gasteiger partial charge on any atom is -0.241 e. The van der Waals surface area contributed by atoms with E-state index in [1.54, 1.807) is 6.20 Å². The first kappa shape index (κ1) is 7.48. The summed E-state index contributed by atoms with van der Waals surface area (Å²) in [6.45, 7) is 2.02. The zero-order chi connectivity index (χ0) is 7.40. The van der Waals surface area contributed by atoms with Crippen LogP contribution in [0.3, 0.4) is 0 Å². The first-order valence-electron chi connectivity index (χ1n) is 3.23. The first-order chi connectivity index (χ1) is 4.86. The number of aromatic nitrogens is 2. The number of rotatable bonds is 2. The molecule has 0 N–H and O–H groups in total. The highest BCUT2D eigenvalue weighted by Crippen LogP contribution is 1.99. The second-order valence-corrected chi connectivity index (χ2v) is 2.22. The largest absolute Gasteiger partial charge is 0.241 e. The number of aryl methyl sites for hydroxylation is 1. The predicted molar refractivity (Wildman–Crippen MR) is 41.0 cm³/mol. The molecule has 0 aliphatic carbocycles. The molecule has 1 heterocycles. The van der Waals surface area contributed by atoms with Crippen LogP contribution in [0.2, 0.25) is 0 Å². The summed E-state index contributed by atoms with van der Waals surface area (Å²) in [6.07, 6.45) is 2.61. The molecular formula is C7H9ClN2. The predicted octanol–water partition coefficient (Wildman–Crippen LogP) is 1.78. The van der Waals surface area contributed by atoms with Gasteiger partial charge in [-0.25, -0.2) is 9.97 Å². The molecule has 54 valence electrons. The van der Waals surface area contributed by atoms with Crippen LogP contribution in [0, 0.1) is 0 Å². The van der Waals surface area contributed by atoms with E-state index in [9.17, 15) is 0 Å². The van der Waals surface area contributed by atoms with Gasteiger partial charge in [0.25, 0.3) is 0 Å². The molecule has 0 spiro atoms. The Hall–Kier alpha value is -0.630. The third kappa shape index (κ3) is 1.67. The summed E-state index contributed by atoms with van der Waals surface area (Å²) < 4.78 is 0. The third-order valence-electron chi connectivity index (χ3n) is 1.22. The average molecular weight is 157 g/mol. The van der Waals surface area contributed by atoms with Gasteiger partial charge in [0.2, 0.25) is 0 Å². The van der Waals surface area contributed by atoms with Gasteiger partial charge in [0, 0.05) is 12.6 Å². The number of hydrogen-bond donors (Lipinski definition) is 0. The normalized spacial score (nSPS) is 9.80. The Kier molecular flexibility index (Phi) is 2.63. The Morgan fingerprint density at radius 2 is 2.40 bits per heavy atom. The van der Waals surface area contributed by atoms with E-state index in [0.29, 0.717) is 5.88 Å². The molecule has 0 amide bonds. The van der Waals surface area contributed by atoms with Crippen molar-refractivity contribution in [3.05, 3.63) is 23.8 Å². The second kappa shape index (κ2) is 3.52. The molecule has 2 nitrogen and oxygen atoms in total. The standard InChI is InChI=1S/C7H9ClN2/c1-2-7-9-4-3-6(5-8)10-7/h3-4H,2,5H2,1H3. The lowest BCUT2D eigenvalue weighted by atomic mass is 10.4. The fourth-order valence-electron chi connectivity index (χ4n) is 0.686. The van der Waals surface area contributed by atoms with E-state index >= 15 is 0 Å². The van der Waals surface area contributed by atoms with Gasteiger partial charge in [-0.3, -0.25) is 0 Å². The van der Waals surface area contributed by atoms with Crippen molar-refractivity contribution in [2.24, 2.45) is 0 Å². The van der Waals surface area contributed by atoms with Gasteiger partial charge in [-0.1, -0.05) is 6.92 Å². The highest BCUT2D eigenvalue weighted by Gasteiger charge is 1.93. The number of nitrogens with zero attached hydrogens (tertiary/aromatic N) is 2. The van der Waals surface area contributed by atoms with Crippen LogP contribution in [-0.2, 0) is 12.3 Å². The smallest absolute Gasteiger partial charge is 0.128 e. The van der Waals surface area contributed by atoms with Crippen molar-refractivity contribution in [1.82, 2.24) is 9.97 Å². The van der Waals surface area contributed by atoms with Gasteiger partial charge in [0.05, 0.1) is 11.6 Å². The Balaban J connectivity index is 2.87. The molecule has 1 aromatic rings. The van der Waals surface area contributed by atoms with E-state index in [4.69, 9.17) is 11.6 Å². The van der Waals surface area contributed by atoms with E-state index in [0.717, 1.165) is 17.9 Å². The van der Waals surface area contributed by atoms with Gasteiger partial charge in [0.1, 0.15) is 5.82 Å². The summed E-state index contributed by atoms with van der Waals surface area (Å²) >= 11 is 5.57. The van der Waals surface area contributed by atoms with Crippen molar-refractivity contribution in [3.8, 4) is 0 Å². The maximum absolute atomic E-state index is 5.57. The summed E-state index contributed by atoms with van der Waals surface area (Å²) in [5.74, 6) is 1.33. The zero-order valence-electron chi connectivity index (χ0n) is 5.84. The Morgan fingerprint density at radius 3 is 3.00 bits per heavy atom. The molecule has 0 saturated heterocycles. The van der Waals surface area contributed by atoms with Crippen LogP contribution < -0.4 is 0 Å². The molecule has 10 heavy (non-hydrogen) atoms. The van der Waals surface area contributed by atoms with Crippen molar-refractivity contribution in [1.29, 1.82) is 0 Å². The molecular weight excluding hydrogens is 148 g/mol. The van der Waals surface area contributed by atoms with E-state index < -0.39 is 0 Å². The van der Waals surface area contributed by atoms with Crippen LogP contribution in [0.15, 0.2) is 12.3 Å². The molecule has 0 aromatic carbocycles. The van der Waals surface area contributed by atoms with Gasteiger partial charge in [-0.15, -0.1) is 11.6 Å². The lowest BCUT2D eigenvalue weighted by Crippen LogP contribution is -1.94. The SMILES string of the molecule is CCc1nccc(CCl)n1. The van der Waals surface area contributed by atoms with Crippen LogP contribution in [0.5, 0.6) is 0 Å². The van der Waals surface area contributed by atoms with Crippen LogP contribution in [0.25, 0.3) is 0 Å². The number of alkyl halides is 1. The van der Waals surface area contributed by atoms with Gasteiger partial charge >= 0.3 is 0 Å². The lowest BCUT2D eigenvalue weighted by Gasteiger charge is -1.95. The third-order valence-corrected chi connectivity index (χ3v) is 1.49. The first-order valence-corrected chi connectivity index (χ1v) is 3.77. The van der Waals surface area contributed by atoms with E-state index in [1.165, 1.54) is 0 Å². The minimum atomic E-state index is 0.468. The number of hydrogen-bond acceptors (Lipinski definition) is 2. The summed E-state index contributed by atoms with van der Waals surface area (Å²) in [5.41, 5.74) is 0.897. The average Bonchev–Trinajstić information content (AvgIpc) is 2.05. The molecule has 0 saturated carbocycles. The van der Waals surface area contributed by atoms with Gasteiger partial charge in [-0.05, 0) is 6.07 Å². The molecule has 1 rings (SSSR count). The monoisotopic (exact) mass is 156 g/mol. The van der Waals surface area contributed by atoms with Gasteiger partial charge in [0.15, 0.2) is 0 Å². The quantitative estimate of drug-likeness (QED) is 0.610. The molecule has 0 radical (unpaired) electrons. The maximum atomic E-state index is 5.57. The summed E-state index contributed by atoms with van der Waals surface area (Å²) in [4.78, 5) is 8.20. The minimum absolute atomic E-state index is 0.468. The van der Waals surface area contributed by atoms with Crippen LogP contribution in [-0.4, -0.2) is 9.97 Å². The molecule has 0 unspecified atom stereocenters. The van der Waals surface area contributed by atoms with Gasteiger partial charge in [-0.2, -0.15) is 0 Å². The molecule has 0 fully saturated rings. The topological polar surface area (TPSA) is 25.8 Å². The molecule has 0 atom stereocenters. The Labute approximate surface area is 65.3 Å². The fourth-order valence-corrected chi connectivity index (χ4v) is 0.835. The van der Waals surface area contributed by atoms with Crippen molar-refractivity contribution in [2.75, 3.05) is 0 Å². The lowest BCUT2D eigenvalue weighted by molar-refractivity contribution is 0.912. The van der Waals surface area contributed by atoms with Crippen LogP contribution in [0.4, 0.5) is 0 Å². The molecule has 0 aliphatic heterocycles. The Bertz CT molecular complexity index is 193. The van der Waals surface area contributed by atoms with Crippen LogP contribution >= 0.6 is 11.6 Å². The fraction of sp³-hybridized carbons (Fsp3) is 0.429. The van der Waals surface area contributed by atoms with Gasteiger partial charge < -0.3 is 0 Å². The number of halogens is 1. The summed E-state index contributed by atoms with van der Waals surface area (Å²) in [7, 11) is 0. The van der Waals surface area contributed by atoms with Crippen molar-refractivity contribution < 1.29 is 0 Å². The summed E-state index contributed by atoms with van der Waals surface area (Å²) in [6, 6.07) is 1.83. The van der Waals surface area contributed by atoms with Crippen molar-refractivity contribution in [3.63, 3.8) is 0 Å². The van der Waals surface area contributed by atoms with Crippen molar-refractivity contribution in [2.45, 2.75) is 19.2 Å². The highest BCUT2D eigenvalue weighted by molar-refractivity contribution is 6.16. The molecule has 3 heteroatoms. The van der Waals surface area contributed by atoms with E-state index in [-0.39, 0.29) is 0 Å². The second-order valence-electron chi connectivity index (χ2n) is 1.95. The maximum Gasteiger partial charge on any atom is 0.128 e. The van der Waals surface area contributed by atoms with Crippen LogP contribution in [0.1, 0.15) is 18.4 Å². The molecule has 1 aromatic heterocycles. The molecule has 0 aliphatic rings. The molecule has 0 bridgehead atoms. The van der Waals surface area contributed by atoms with E-state index in [1.807, 2.05) is 13.0 Å². The Morgan fingerprint density at radius 1 is 1.60 bits per heavy atom. The zero-order valence-corrected chi connectivity index (χ0v) is 6.60. The van der Waals surface area contributed by atoms with E-state index in [2.05, 4.69) is 9.97 Å². The highest BCUT2D eigenvalue weighted by atomic mass is 35.5. The summed E-state index contributed by atoms with van der Waals surface area (Å²) in [5, 5.41) is 0.